The number of nitrogens with one attached hydrogen (secondary N) is 1. The first kappa shape index (κ1) is 25.2. The molecule has 0 atom stereocenters. The van der Waals surface area contributed by atoms with Gasteiger partial charge in [0, 0.05) is 23.4 Å². The smallest absolute Gasteiger partial charge is 0.405 e. The zero-order valence-corrected chi connectivity index (χ0v) is 19.7. The quantitative estimate of drug-likeness (QED) is 0.349. The van der Waals surface area contributed by atoms with Crippen molar-refractivity contribution in [2.45, 2.75) is 24.6 Å². The molecule has 3 aromatic rings. The molecule has 0 fully saturated rings. The number of alkyl halides is 3. The zero-order chi connectivity index (χ0) is 24.2. The zero-order valence-electron chi connectivity index (χ0n) is 17.4. The van der Waals surface area contributed by atoms with Crippen LogP contribution in [-0.4, -0.2) is 27.1 Å². The fraction of sp³-hybridized carbons (Fsp3) is 0.217. The SMILES string of the molecule is CCS(=O)(=O)c1ccc(CCNc2cc(Cl)c(-c3ccccc3OC(F)(F)F)c(Cl)c2)cc1. The molecule has 0 saturated heterocycles. The summed E-state index contributed by atoms with van der Waals surface area (Å²) >= 11 is 12.7. The molecule has 4 nitrogen and oxygen atoms in total. The van der Waals surface area contributed by atoms with E-state index < -0.39 is 21.9 Å². The van der Waals surface area contributed by atoms with Crippen molar-refractivity contribution in [1.82, 2.24) is 0 Å². The third kappa shape index (κ3) is 6.56. The van der Waals surface area contributed by atoms with Crippen LogP contribution >= 0.6 is 23.2 Å². The van der Waals surface area contributed by atoms with E-state index in [9.17, 15) is 21.6 Å². The predicted octanol–water partition coefficient (Wildman–Crippen LogP) is 7.01. The summed E-state index contributed by atoms with van der Waals surface area (Å²) in [6, 6.07) is 15.4. The topological polar surface area (TPSA) is 55.4 Å². The molecule has 0 amide bonds. The lowest BCUT2D eigenvalue weighted by molar-refractivity contribution is -0.274. The van der Waals surface area contributed by atoms with Crippen LogP contribution in [0.15, 0.2) is 65.6 Å². The van der Waals surface area contributed by atoms with Gasteiger partial charge in [0.25, 0.3) is 0 Å². The van der Waals surface area contributed by atoms with E-state index in [2.05, 4.69) is 10.1 Å². The van der Waals surface area contributed by atoms with E-state index in [1.54, 1.807) is 49.4 Å². The van der Waals surface area contributed by atoms with E-state index in [1.807, 2.05) is 0 Å². The molecule has 0 radical (unpaired) electrons. The van der Waals surface area contributed by atoms with Crippen molar-refractivity contribution in [2.75, 3.05) is 17.6 Å². The highest BCUT2D eigenvalue weighted by Gasteiger charge is 2.32. The van der Waals surface area contributed by atoms with Gasteiger partial charge in [-0.3, -0.25) is 0 Å². The Bertz CT molecular complexity index is 1210. The molecule has 0 aliphatic rings. The Labute approximate surface area is 200 Å². The third-order valence-corrected chi connectivity index (χ3v) is 7.18. The number of hydrogen-bond donors (Lipinski definition) is 1. The summed E-state index contributed by atoms with van der Waals surface area (Å²) < 4.78 is 66.2. The van der Waals surface area contributed by atoms with Crippen molar-refractivity contribution in [3.05, 3.63) is 76.3 Å². The highest BCUT2D eigenvalue weighted by atomic mass is 35.5. The maximum absolute atomic E-state index is 12.8. The first-order valence-corrected chi connectivity index (χ1v) is 12.3. The number of anilines is 1. The number of hydrogen-bond acceptors (Lipinski definition) is 4. The molecule has 0 bridgehead atoms. The molecule has 0 aliphatic heterocycles. The van der Waals surface area contributed by atoms with Gasteiger partial charge in [0.15, 0.2) is 9.84 Å². The Morgan fingerprint density at radius 3 is 2.15 bits per heavy atom. The van der Waals surface area contributed by atoms with Crippen molar-refractivity contribution in [1.29, 1.82) is 0 Å². The summed E-state index contributed by atoms with van der Waals surface area (Å²) in [6.07, 6.45) is -4.25. The number of para-hydroxylation sites is 1. The Balaban J connectivity index is 1.73. The molecular formula is C23H20Cl2F3NO3S. The minimum Gasteiger partial charge on any atom is -0.405 e. The first-order valence-electron chi connectivity index (χ1n) is 9.90. The minimum atomic E-state index is -4.85. The number of halogens is 5. The van der Waals surface area contributed by atoms with Gasteiger partial charge in [0.05, 0.1) is 20.7 Å². The Morgan fingerprint density at radius 2 is 1.58 bits per heavy atom. The average Bonchev–Trinajstić information content (AvgIpc) is 2.74. The first-order chi connectivity index (χ1) is 15.5. The summed E-state index contributed by atoms with van der Waals surface area (Å²) in [5, 5.41) is 3.49. The molecule has 0 aromatic heterocycles. The number of rotatable bonds is 8. The van der Waals surface area contributed by atoms with Crippen LogP contribution in [0.2, 0.25) is 10.0 Å². The van der Waals surface area contributed by atoms with Crippen molar-refractivity contribution in [2.24, 2.45) is 0 Å². The monoisotopic (exact) mass is 517 g/mol. The summed E-state index contributed by atoms with van der Waals surface area (Å²) in [6.45, 7) is 2.09. The molecule has 0 unspecified atom stereocenters. The Kier molecular flexibility index (Phi) is 7.82. The molecule has 33 heavy (non-hydrogen) atoms. The second-order valence-corrected chi connectivity index (χ2v) is 10.2. The molecule has 0 saturated carbocycles. The van der Waals surface area contributed by atoms with Crippen LogP contribution in [-0.2, 0) is 16.3 Å². The second-order valence-electron chi connectivity index (χ2n) is 7.08. The molecule has 0 spiro atoms. The third-order valence-electron chi connectivity index (χ3n) is 4.83. The summed E-state index contributed by atoms with van der Waals surface area (Å²) in [5.41, 5.74) is 1.88. The molecular weight excluding hydrogens is 498 g/mol. The molecule has 0 aliphatic carbocycles. The maximum Gasteiger partial charge on any atom is 0.573 e. The van der Waals surface area contributed by atoms with Gasteiger partial charge >= 0.3 is 6.36 Å². The maximum atomic E-state index is 12.8. The number of sulfone groups is 1. The largest absolute Gasteiger partial charge is 0.573 e. The average molecular weight is 518 g/mol. The van der Waals surface area contributed by atoms with Crippen molar-refractivity contribution in [3.8, 4) is 16.9 Å². The molecule has 1 N–H and O–H groups in total. The normalized spacial score (nSPS) is 11.9. The molecule has 0 heterocycles. The van der Waals surface area contributed by atoms with Crippen LogP contribution < -0.4 is 10.1 Å². The lowest BCUT2D eigenvalue weighted by Crippen LogP contribution is -2.17. The van der Waals surface area contributed by atoms with E-state index in [0.29, 0.717) is 18.7 Å². The molecule has 176 valence electrons. The highest BCUT2D eigenvalue weighted by molar-refractivity contribution is 7.91. The number of benzene rings is 3. The van der Waals surface area contributed by atoms with Gasteiger partial charge in [-0.2, -0.15) is 0 Å². The minimum absolute atomic E-state index is 0.0399. The van der Waals surface area contributed by atoms with Gasteiger partial charge in [-0.15, -0.1) is 13.2 Å². The van der Waals surface area contributed by atoms with E-state index in [-0.39, 0.29) is 31.8 Å². The van der Waals surface area contributed by atoms with Crippen LogP contribution in [0.3, 0.4) is 0 Å². The van der Waals surface area contributed by atoms with Gasteiger partial charge in [0.1, 0.15) is 5.75 Å². The van der Waals surface area contributed by atoms with Gasteiger partial charge in [0.2, 0.25) is 0 Å². The van der Waals surface area contributed by atoms with Gasteiger partial charge in [-0.25, -0.2) is 8.42 Å². The van der Waals surface area contributed by atoms with E-state index >= 15 is 0 Å². The fourth-order valence-corrected chi connectivity index (χ4v) is 4.78. The van der Waals surface area contributed by atoms with Crippen molar-refractivity contribution >= 4 is 38.7 Å². The van der Waals surface area contributed by atoms with Gasteiger partial charge in [-0.05, 0) is 42.3 Å². The highest BCUT2D eigenvalue weighted by Crippen LogP contribution is 2.42. The van der Waals surface area contributed by atoms with Crippen LogP contribution in [0, 0.1) is 0 Å². The van der Waals surface area contributed by atoms with Crippen molar-refractivity contribution < 1.29 is 26.3 Å². The Hall–Kier alpha value is -2.42. The lowest BCUT2D eigenvalue weighted by Gasteiger charge is -2.16. The summed E-state index contributed by atoms with van der Waals surface area (Å²) in [5.74, 6) is -0.360. The summed E-state index contributed by atoms with van der Waals surface area (Å²) in [4.78, 5) is 0.283. The lowest BCUT2D eigenvalue weighted by atomic mass is 10.0. The standard InChI is InChI=1S/C23H20Cl2F3NO3S/c1-2-33(30,31)17-9-7-15(8-10-17)11-12-29-16-13-19(24)22(20(25)14-16)18-5-3-4-6-21(18)32-23(26,27)28/h3-10,13-14,29H,2,11-12H2,1H3. The van der Waals surface area contributed by atoms with E-state index in [0.717, 1.165) is 5.56 Å². The van der Waals surface area contributed by atoms with Gasteiger partial charge < -0.3 is 10.1 Å². The van der Waals surface area contributed by atoms with Crippen molar-refractivity contribution in [3.63, 3.8) is 0 Å². The summed E-state index contributed by atoms with van der Waals surface area (Å²) in [7, 11) is -3.24. The second kappa shape index (κ2) is 10.2. The molecule has 3 aromatic carbocycles. The van der Waals surface area contributed by atoms with Crippen LogP contribution in [0.5, 0.6) is 5.75 Å². The van der Waals surface area contributed by atoms with Crippen LogP contribution in [0.25, 0.3) is 11.1 Å². The molecule has 10 heteroatoms. The Morgan fingerprint density at radius 1 is 0.970 bits per heavy atom. The van der Waals surface area contributed by atoms with Crippen LogP contribution in [0.1, 0.15) is 12.5 Å². The van der Waals surface area contributed by atoms with E-state index in [4.69, 9.17) is 23.2 Å². The predicted molar refractivity (Wildman–Crippen MR) is 125 cm³/mol. The molecule has 3 rings (SSSR count). The van der Waals surface area contributed by atoms with Gasteiger partial charge in [-0.1, -0.05) is 60.5 Å². The fourth-order valence-electron chi connectivity index (χ4n) is 3.20. The van der Waals surface area contributed by atoms with E-state index in [1.165, 1.54) is 18.2 Å². The van der Waals surface area contributed by atoms with Crippen LogP contribution in [0.4, 0.5) is 18.9 Å². The number of ether oxygens (including phenoxy) is 1.